The third-order valence-electron chi connectivity index (χ3n) is 3.54. The molecule has 0 bridgehead atoms. The zero-order chi connectivity index (χ0) is 10.7. The smallest absolute Gasteiger partial charge is 0.0490 e. The maximum absolute atomic E-state index is 3.95. The Bertz CT molecular complexity index is 281. The summed E-state index contributed by atoms with van der Waals surface area (Å²) < 4.78 is 0. The lowest BCUT2D eigenvalue weighted by atomic mass is 9.80. The van der Waals surface area contributed by atoms with E-state index in [0.717, 1.165) is 18.4 Å². The van der Waals surface area contributed by atoms with E-state index in [1.165, 1.54) is 25.0 Å². The van der Waals surface area contributed by atoms with E-state index in [-0.39, 0.29) is 0 Å². The van der Waals surface area contributed by atoms with Crippen molar-refractivity contribution in [2.24, 2.45) is 11.8 Å². The van der Waals surface area contributed by atoms with Crippen molar-refractivity contribution in [2.75, 3.05) is 0 Å². The zero-order valence-electron chi connectivity index (χ0n) is 9.66. The van der Waals surface area contributed by atoms with Gasteiger partial charge >= 0.3 is 0 Å². The molecule has 0 aliphatic heterocycles. The van der Waals surface area contributed by atoms with Gasteiger partial charge in [0.15, 0.2) is 0 Å². The largest absolute Gasteiger partial charge is 0.308 e. The fraction of sp³-hybridized carbons (Fsp3) is 0.750. The van der Waals surface area contributed by atoms with Crippen LogP contribution < -0.4 is 5.32 Å². The predicted octanol–water partition coefficient (Wildman–Crippen LogP) is 2.32. The molecule has 1 saturated carbocycles. The van der Waals surface area contributed by atoms with Gasteiger partial charge in [0, 0.05) is 24.5 Å². The molecule has 1 aliphatic carbocycles. The van der Waals surface area contributed by atoms with E-state index in [0.29, 0.717) is 6.04 Å². The Hall–Kier alpha value is -0.830. The number of rotatable bonds is 3. The quantitative estimate of drug-likeness (QED) is 0.798. The molecule has 3 nitrogen and oxygen atoms in total. The Kier molecular flexibility index (Phi) is 3.41. The van der Waals surface area contributed by atoms with Crippen LogP contribution in [0.1, 0.15) is 38.8 Å². The van der Waals surface area contributed by atoms with Gasteiger partial charge in [-0.05, 0) is 37.2 Å². The van der Waals surface area contributed by atoms with Crippen LogP contribution in [-0.2, 0) is 6.54 Å². The SMILES string of the molecule is CC1CCC(NCc2ccn[nH]2)C(C)C1. The summed E-state index contributed by atoms with van der Waals surface area (Å²) in [5.41, 5.74) is 1.18. The summed E-state index contributed by atoms with van der Waals surface area (Å²) in [5.74, 6) is 1.71. The minimum atomic E-state index is 0.685. The Morgan fingerprint density at radius 2 is 2.33 bits per heavy atom. The van der Waals surface area contributed by atoms with Crippen LogP contribution in [0, 0.1) is 11.8 Å². The fourth-order valence-corrected chi connectivity index (χ4v) is 2.59. The van der Waals surface area contributed by atoms with Crippen molar-refractivity contribution < 1.29 is 0 Å². The molecular formula is C12H21N3. The molecule has 0 radical (unpaired) electrons. The number of hydrogen-bond acceptors (Lipinski definition) is 2. The van der Waals surface area contributed by atoms with Crippen molar-refractivity contribution in [3.05, 3.63) is 18.0 Å². The molecule has 2 N–H and O–H groups in total. The van der Waals surface area contributed by atoms with Crippen LogP contribution in [0.15, 0.2) is 12.3 Å². The van der Waals surface area contributed by atoms with E-state index in [4.69, 9.17) is 0 Å². The van der Waals surface area contributed by atoms with Crippen molar-refractivity contribution in [3.63, 3.8) is 0 Å². The highest BCUT2D eigenvalue weighted by Crippen LogP contribution is 2.28. The molecule has 1 aliphatic rings. The normalized spacial score (nSPS) is 31.7. The van der Waals surface area contributed by atoms with Crippen molar-refractivity contribution >= 4 is 0 Å². The first kappa shape index (κ1) is 10.7. The summed E-state index contributed by atoms with van der Waals surface area (Å²) >= 11 is 0. The first-order valence-electron chi connectivity index (χ1n) is 5.97. The first-order chi connectivity index (χ1) is 7.25. The molecule has 3 heteroatoms. The minimum Gasteiger partial charge on any atom is -0.308 e. The van der Waals surface area contributed by atoms with Gasteiger partial charge in [-0.3, -0.25) is 5.10 Å². The summed E-state index contributed by atoms with van der Waals surface area (Å²) in [6.45, 7) is 5.64. The van der Waals surface area contributed by atoms with E-state index in [1.807, 2.05) is 12.3 Å². The van der Waals surface area contributed by atoms with Crippen LogP contribution in [0.4, 0.5) is 0 Å². The number of aromatic amines is 1. The van der Waals surface area contributed by atoms with Gasteiger partial charge in [0.1, 0.15) is 0 Å². The molecular weight excluding hydrogens is 186 g/mol. The molecule has 15 heavy (non-hydrogen) atoms. The fourth-order valence-electron chi connectivity index (χ4n) is 2.59. The minimum absolute atomic E-state index is 0.685. The third-order valence-corrected chi connectivity index (χ3v) is 3.54. The van der Waals surface area contributed by atoms with E-state index in [1.54, 1.807) is 0 Å². The molecule has 84 valence electrons. The molecule has 3 unspecified atom stereocenters. The second-order valence-corrected chi connectivity index (χ2v) is 4.96. The van der Waals surface area contributed by atoms with Crippen LogP contribution in [0.25, 0.3) is 0 Å². The maximum Gasteiger partial charge on any atom is 0.0490 e. The summed E-state index contributed by atoms with van der Waals surface area (Å²) in [4.78, 5) is 0. The molecule has 0 amide bonds. The van der Waals surface area contributed by atoms with Crippen molar-refractivity contribution in [3.8, 4) is 0 Å². The molecule has 2 rings (SSSR count). The average Bonchev–Trinajstić information content (AvgIpc) is 2.69. The number of nitrogens with zero attached hydrogens (tertiary/aromatic N) is 1. The molecule has 0 spiro atoms. The van der Waals surface area contributed by atoms with Crippen LogP contribution >= 0.6 is 0 Å². The lowest BCUT2D eigenvalue weighted by molar-refractivity contribution is 0.226. The van der Waals surface area contributed by atoms with E-state index in [2.05, 4.69) is 29.4 Å². The van der Waals surface area contributed by atoms with E-state index < -0.39 is 0 Å². The lowest BCUT2D eigenvalue weighted by Crippen LogP contribution is -2.38. The zero-order valence-corrected chi connectivity index (χ0v) is 9.66. The Morgan fingerprint density at radius 1 is 1.47 bits per heavy atom. The highest BCUT2D eigenvalue weighted by Gasteiger charge is 2.24. The van der Waals surface area contributed by atoms with Crippen LogP contribution in [0.3, 0.4) is 0 Å². The second-order valence-electron chi connectivity index (χ2n) is 4.96. The highest BCUT2D eigenvalue weighted by molar-refractivity contribution is 4.97. The summed E-state index contributed by atoms with van der Waals surface area (Å²) in [5, 5.41) is 10.6. The van der Waals surface area contributed by atoms with E-state index in [9.17, 15) is 0 Å². The Labute approximate surface area is 91.7 Å². The van der Waals surface area contributed by atoms with Gasteiger partial charge in [-0.2, -0.15) is 5.10 Å². The van der Waals surface area contributed by atoms with Gasteiger partial charge in [-0.25, -0.2) is 0 Å². The molecule has 1 fully saturated rings. The molecule has 3 atom stereocenters. The molecule has 0 aromatic carbocycles. The van der Waals surface area contributed by atoms with Gasteiger partial charge in [-0.1, -0.05) is 13.8 Å². The summed E-state index contributed by atoms with van der Waals surface area (Å²) in [6.07, 6.45) is 5.85. The summed E-state index contributed by atoms with van der Waals surface area (Å²) in [6, 6.07) is 2.72. The van der Waals surface area contributed by atoms with Crippen molar-refractivity contribution in [2.45, 2.75) is 45.7 Å². The van der Waals surface area contributed by atoms with Crippen molar-refractivity contribution in [1.82, 2.24) is 15.5 Å². The molecule has 1 heterocycles. The second kappa shape index (κ2) is 4.79. The number of H-pyrrole nitrogens is 1. The standard InChI is InChI=1S/C12H21N3/c1-9-3-4-12(10(2)7-9)13-8-11-5-6-14-15-11/h5-6,9-10,12-13H,3-4,7-8H2,1-2H3,(H,14,15). The van der Waals surface area contributed by atoms with Gasteiger partial charge in [0.05, 0.1) is 0 Å². The molecule has 0 saturated heterocycles. The maximum atomic E-state index is 3.95. The number of hydrogen-bond donors (Lipinski definition) is 2. The van der Waals surface area contributed by atoms with Gasteiger partial charge in [-0.15, -0.1) is 0 Å². The van der Waals surface area contributed by atoms with Crippen LogP contribution in [-0.4, -0.2) is 16.2 Å². The van der Waals surface area contributed by atoms with Gasteiger partial charge < -0.3 is 5.32 Å². The summed E-state index contributed by atoms with van der Waals surface area (Å²) in [7, 11) is 0. The Morgan fingerprint density at radius 3 is 3.00 bits per heavy atom. The number of aromatic nitrogens is 2. The lowest BCUT2D eigenvalue weighted by Gasteiger charge is -2.33. The first-order valence-corrected chi connectivity index (χ1v) is 5.97. The van der Waals surface area contributed by atoms with Gasteiger partial charge in [0.2, 0.25) is 0 Å². The number of nitrogens with one attached hydrogen (secondary N) is 2. The Balaban J connectivity index is 1.79. The van der Waals surface area contributed by atoms with E-state index >= 15 is 0 Å². The van der Waals surface area contributed by atoms with Crippen molar-refractivity contribution in [1.29, 1.82) is 0 Å². The predicted molar refractivity (Wildman–Crippen MR) is 61.4 cm³/mol. The highest BCUT2D eigenvalue weighted by atomic mass is 15.1. The van der Waals surface area contributed by atoms with Crippen LogP contribution in [0.5, 0.6) is 0 Å². The van der Waals surface area contributed by atoms with Crippen LogP contribution in [0.2, 0.25) is 0 Å². The molecule has 1 aromatic rings. The molecule has 1 aromatic heterocycles. The monoisotopic (exact) mass is 207 g/mol. The van der Waals surface area contributed by atoms with Gasteiger partial charge in [0.25, 0.3) is 0 Å². The average molecular weight is 207 g/mol. The topological polar surface area (TPSA) is 40.7 Å². The third kappa shape index (κ3) is 2.81.